The van der Waals surface area contributed by atoms with Crippen molar-refractivity contribution in [2.75, 3.05) is 6.54 Å². The summed E-state index contributed by atoms with van der Waals surface area (Å²) in [7, 11) is 0. The van der Waals surface area contributed by atoms with Crippen molar-refractivity contribution in [3.8, 4) is 0 Å². The van der Waals surface area contributed by atoms with Gasteiger partial charge in [0.25, 0.3) is 5.91 Å². The molecule has 1 heterocycles. The molecule has 0 aromatic heterocycles. The summed E-state index contributed by atoms with van der Waals surface area (Å²) in [5, 5.41) is 2.82. The first-order valence-corrected chi connectivity index (χ1v) is 11.1. The van der Waals surface area contributed by atoms with Crippen molar-refractivity contribution in [2.45, 2.75) is 76.8 Å². The van der Waals surface area contributed by atoms with Crippen molar-refractivity contribution in [2.24, 2.45) is 0 Å². The van der Waals surface area contributed by atoms with Crippen molar-refractivity contribution in [3.05, 3.63) is 47.2 Å². The second-order valence-corrected chi connectivity index (χ2v) is 9.16. The number of hydrogen-bond acceptors (Lipinski definition) is 3. The lowest BCUT2D eigenvalue weighted by Gasteiger charge is -2.29. The van der Waals surface area contributed by atoms with Gasteiger partial charge in [-0.2, -0.15) is 0 Å². The summed E-state index contributed by atoms with van der Waals surface area (Å²) in [6.45, 7) is 5.72. The number of allylic oxidation sites excluding steroid dienone is 2. The van der Waals surface area contributed by atoms with E-state index in [1.54, 1.807) is 6.92 Å². The third-order valence-electron chi connectivity index (χ3n) is 6.48. The second kappa shape index (κ2) is 7.89. The standard InChI is InChI=1S/C24H31N3O3/c1-16(2)17-9-11-18(12-10-17)24(3)22(29)26(23(30)25-24)15-21(28)27(20-13-14-20)19-7-5-4-6-8-19/h7,9-12,16,20H,4-6,8,13-15H2,1-3H3,(H,25,30)/t24-/m1/s1. The number of nitrogens with zero attached hydrogens (tertiary/aromatic N) is 2. The summed E-state index contributed by atoms with van der Waals surface area (Å²) in [6.07, 6.45) is 8.23. The van der Waals surface area contributed by atoms with Gasteiger partial charge >= 0.3 is 6.03 Å². The number of urea groups is 1. The van der Waals surface area contributed by atoms with Crippen LogP contribution in [0.25, 0.3) is 0 Å². The number of carbonyl (C=O) groups excluding carboxylic acids is 3. The van der Waals surface area contributed by atoms with E-state index in [2.05, 4.69) is 25.2 Å². The lowest BCUT2D eigenvalue weighted by Crippen LogP contribution is -2.45. The van der Waals surface area contributed by atoms with Crippen LogP contribution in [0.5, 0.6) is 0 Å². The van der Waals surface area contributed by atoms with Gasteiger partial charge in [-0.05, 0) is 62.5 Å². The zero-order valence-corrected chi connectivity index (χ0v) is 18.1. The number of imide groups is 1. The Balaban J connectivity index is 1.52. The van der Waals surface area contributed by atoms with Crippen LogP contribution < -0.4 is 5.32 Å². The second-order valence-electron chi connectivity index (χ2n) is 9.16. The first kappa shape index (κ1) is 20.6. The number of amides is 4. The Labute approximate surface area is 178 Å². The van der Waals surface area contributed by atoms with Crippen LogP contribution in [0.3, 0.4) is 0 Å². The molecule has 0 bridgehead atoms. The predicted molar refractivity (Wildman–Crippen MR) is 115 cm³/mol. The highest BCUT2D eigenvalue weighted by Crippen LogP contribution is 2.35. The highest BCUT2D eigenvalue weighted by atomic mass is 16.2. The fourth-order valence-electron chi connectivity index (χ4n) is 4.42. The van der Waals surface area contributed by atoms with Crippen molar-refractivity contribution >= 4 is 17.8 Å². The Morgan fingerprint density at radius 2 is 1.90 bits per heavy atom. The quantitative estimate of drug-likeness (QED) is 0.722. The summed E-state index contributed by atoms with van der Waals surface area (Å²) in [5.74, 6) is -0.141. The fourth-order valence-corrected chi connectivity index (χ4v) is 4.42. The molecule has 1 N–H and O–H groups in total. The minimum Gasteiger partial charge on any atom is -0.319 e. The van der Waals surface area contributed by atoms with Crippen LogP contribution in [-0.2, 0) is 15.1 Å². The molecule has 1 aromatic carbocycles. The van der Waals surface area contributed by atoms with Gasteiger partial charge in [0.1, 0.15) is 12.1 Å². The van der Waals surface area contributed by atoms with E-state index in [1.165, 1.54) is 5.56 Å². The molecule has 4 rings (SSSR count). The topological polar surface area (TPSA) is 69.7 Å². The van der Waals surface area contributed by atoms with E-state index < -0.39 is 11.6 Å². The molecule has 1 aliphatic heterocycles. The Kier molecular flexibility index (Phi) is 5.43. The summed E-state index contributed by atoms with van der Waals surface area (Å²) in [5.41, 5.74) is 1.82. The van der Waals surface area contributed by atoms with Crippen LogP contribution in [0.2, 0.25) is 0 Å². The van der Waals surface area contributed by atoms with Crippen LogP contribution in [0.4, 0.5) is 4.79 Å². The number of rotatable bonds is 6. The summed E-state index contributed by atoms with van der Waals surface area (Å²) in [4.78, 5) is 42.0. The minimum absolute atomic E-state index is 0.159. The Bertz CT molecular complexity index is 885. The molecule has 0 unspecified atom stereocenters. The predicted octanol–water partition coefficient (Wildman–Crippen LogP) is 4.03. The molecule has 6 nitrogen and oxygen atoms in total. The van der Waals surface area contributed by atoms with Crippen molar-refractivity contribution in [3.63, 3.8) is 0 Å². The number of nitrogens with one attached hydrogen (secondary N) is 1. The average Bonchev–Trinajstić information content (AvgIpc) is 3.54. The van der Waals surface area contributed by atoms with Crippen LogP contribution in [0.15, 0.2) is 36.0 Å². The van der Waals surface area contributed by atoms with Gasteiger partial charge in [-0.15, -0.1) is 0 Å². The molecule has 0 spiro atoms. The molecule has 2 aliphatic carbocycles. The third kappa shape index (κ3) is 3.75. The molecule has 2 fully saturated rings. The molecule has 1 aromatic rings. The lowest BCUT2D eigenvalue weighted by atomic mass is 9.90. The maximum absolute atomic E-state index is 13.2. The molecule has 4 amide bonds. The van der Waals surface area contributed by atoms with Gasteiger partial charge in [0.15, 0.2) is 0 Å². The summed E-state index contributed by atoms with van der Waals surface area (Å²) >= 11 is 0. The number of hydrogen-bond donors (Lipinski definition) is 1. The largest absolute Gasteiger partial charge is 0.325 e. The molecule has 6 heteroatoms. The van der Waals surface area contributed by atoms with Crippen molar-refractivity contribution in [1.29, 1.82) is 0 Å². The zero-order chi connectivity index (χ0) is 21.5. The maximum Gasteiger partial charge on any atom is 0.325 e. The number of benzene rings is 1. The van der Waals surface area contributed by atoms with E-state index >= 15 is 0 Å². The van der Waals surface area contributed by atoms with Crippen LogP contribution >= 0.6 is 0 Å². The van der Waals surface area contributed by atoms with E-state index in [9.17, 15) is 14.4 Å². The van der Waals surface area contributed by atoms with Crippen LogP contribution in [0.1, 0.15) is 76.3 Å². The molecule has 30 heavy (non-hydrogen) atoms. The maximum atomic E-state index is 13.2. The van der Waals surface area contributed by atoms with E-state index in [0.29, 0.717) is 5.92 Å². The van der Waals surface area contributed by atoms with Gasteiger partial charge in [-0.1, -0.05) is 44.2 Å². The van der Waals surface area contributed by atoms with E-state index in [4.69, 9.17) is 0 Å². The van der Waals surface area contributed by atoms with Crippen molar-refractivity contribution < 1.29 is 14.4 Å². The van der Waals surface area contributed by atoms with Crippen LogP contribution in [0, 0.1) is 0 Å². The highest BCUT2D eigenvalue weighted by molar-refractivity contribution is 6.09. The first-order chi connectivity index (χ1) is 14.3. The Morgan fingerprint density at radius 3 is 2.47 bits per heavy atom. The average molecular weight is 410 g/mol. The number of carbonyl (C=O) groups is 3. The van der Waals surface area contributed by atoms with E-state index in [1.807, 2.05) is 29.2 Å². The lowest BCUT2D eigenvalue weighted by molar-refractivity contribution is -0.138. The van der Waals surface area contributed by atoms with Crippen LogP contribution in [-0.4, -0.2) is 40.2 Å². The smallest absolute Gasteiger partial charge is 0.319 e. The normalized spacial score (nSPS) is 24.1. The summed E-state index contributed by atoms with van der Waals surface area (Å²) in [6, 6.07) is 7.48. The van der Waals surface area contributed by atoms with Gasteiger partial charge in [0.2, 0.25) is 5.91 Å². The molecule has 160 valence electrons. The fraction of sp³-hybridized carbons (Fsp3) is 0.542. The Hall–Kier alpha value is -2.63. The van der Waals surface area contributed by atoms with Gasteiger partial charge in [0, 0.05) is 11.7 Å². The zero-order valence-electron chi connectivity index (χ0n) is 18.1. The SMILES string of the molecule is CC(C)c1ccc([C@@]2(C)NC(=O)N(CC(=O)N(C3=CCCCC3)C3CC3)C2=O)cc1. The third-order valence-corrected chi connectivity index (χ3v) is 6.48. The minimum atomic E-state index is -1.15. The summed E-state index contributed by atoms with van der Waals surface area (Å²) < 4.78 is 0. The van der Waals surface area contributed by atoms with Crippen molar-refractivity contribution in [1.82, 2.24) is 15.1 Å². The van der Waals surface area contributed by atoms with Gasteiger partial charge in [-0.3, -0.25) is 14.5 Å². The molecular weight excluding hydrogens is 378 g/mol. The van der Waals surface area contributed by atoms with Gasteiger partial charge in [0.05, 0.1) is 0 Å². The molecule has 3 aliphatic rings. The molecule has 1 saturated carbocycles. The van der Waals surface area contributed by atoms with Gasteiger partial charge < -0.3 is 10.2 Å². The highest BCUT2D eigenvalue weighted by Gasteiger charge is 2.50. The monoisotopic (exact) mass is 409 g/mol. The Morgan fingerprint density at radius 1 is 1.20 bits per heavy atom. The molecule has 1 saturated heterocycles. The molecular formula is C24H31N3O3. The molecule has 0 radical (unpaired) electrons. The van der Waals surface area contributed by atoms with E-state index in [0.717, 1.165) is 54.7 Å². The van der Waals surface area contributed by atoms with E-state index in [-0.39, 0.29) is 24.4 Å². The van der Waals surface area contributed by atoms with Gasteiger partial charge in [-0.25, -0.2) is 4.79 Å². The first-order valence-electron chi connectivity index (χ1n) is 11.1. The molecule has 1 atom stereocenters.